The number of benzene rings is 3. The Morgan fingerprint density at radius 1 is 0.421 bits per heavy atom. The summed E-state index contributed by atoms with van der Waals surface area (Å²) < 4.78 is 239. The number of hydrogen-bond donors (Lipinski definition) is 3. The first kappa shape index (κ1) is 111. The number of hydrogen-bond acceptors (Lipinski definition) is 24. The van der Waals surface area contributed by atoms with Crippen molar-refractivity contribution in [1.29, 1.82) is 0 Å². The van der Waals surface area contributed by atoms with E-state index < -0.39 is 232 Å². The van der Waals surface area contributed by atoms with Crippen LogP contribution in [0.2, 0.25) is 0 Å². The number of carbonyl (C=O) groups excluding carboxylic acids is 9. The summed E-state index contributed by atoms with van der Waals surface area (Å²) in [7, 11) is 4.18. The van der Waals surface area contributed by atoms with Crippen molar-refractivity contribution >= 4 is 88.0 Å². The number of methoxy groups -OCH3 is 3. The molecule has 4 saturated carbocycles. The van der Waals surface area contributed by atoms with E-state index in [-0.39, 0.29) is 183 Å². The van der Waals surface area contributed by atoms with Gasteiger partial charge in [0.05, 0.1) is 74.1 Å². The van der Waals surface area contributed by atoms with Crippen molar-refractivity contribution in [2.45, 2.75) is 288 Å². The second-order valence-corrected chi connectivity index (χ2v) is 41.0. The van der Waals surface area contributed by atoms with Gasteiger partial charge in [0.1, 0.15) is 71.5 Å². The van der Waals surface area contributed by atoms with Crippen molar-refractivity contribution in [2.24, 2.45) is 63.6 Å². The van der Waals surface area contributed by atoms with Crippen molar-refractivity contribution in [2.75, 3.05) is 41.0 Å². The Hall–Kier alpha value is -9.38. The third-order valence-corrected chi connectivity index (χ3v) is 28.3. The number of nitrogens with one attached hydrogen (secondary N) is 3. The molecule has 7 fully saturated rings. The van der Waals surface area contributed by atoms with Gasteiger partial charge in [0.15, 0.2) is 17.1 Å². The van der Waals surface area contributed by atoms with Crippen LogP contribution < -0.4 is 44.4 Å². The summed E-state index contributed by atoms with van der Waals surface area (Å²) in [5, 5.41) is 7.94. The molecule has 6 aliphatic heterocycles. The molecule has 20 atom stereocenters. The first-order valence-electron chi connectivity index (χ1n) is 45.9. The van der Waals surface area contributed by atoms with Gasteiger partial charge in [-0.15, -0.1) is 0 Å². The molecule has 16 rings (SSSR count). The molecule has 4 aliphatic carbocycles. The quantitative estimate of drug-likeness (QED) is 0.0759. The summed E-state index contributed by atoms with van der Waals surface area (Å²) in [6, 6.07) is 5.57. The topological polar surface area (TPSA) is 360 Å². The fourth-order valence-electron chi connectivity index (χ4n) is 19.7. The van der Waals surface area contributed by atoms with E-state index in [1.54, 1.807) is 90.0 Å². The van der Waals surface area contributed by atoms with Crippen molar-refractivity contribution < 1.29 is 194 Å². The number of fused-ring (bicyclic) bond motifs is 17. The third-order valence-electron chi connectivity index (χ3n) is 28.3. The van der Waals surface area contributed by atoms with Crippen LogP contribution in [0.4, 0.5) is 67.1 Å². The Balaban J connectivity index is 0.000000199. The van der Waals surface area contributed by atoms with Crippen LogP contribution in [0, 0.1) is 63.6 Å². The van der Waals surface area contributed by atoms with Crippen molar-refractivity contribution in [1.82, 2.24) is 60.6 Å². The van der Waals surface area contributed by atoms with Crippen LogP contribution in [0.5, 0.6) is 34.9 Å². The molecule has 30 nitrogen and oxygen atoms in total. The van der Waals surface area contributed by atoms with Crippen molar-refractivity contribution in [3.63, 3.8) is 0 Å². The smallest absolute Gasteiger partial charge is 0.408 e. The van der Waals surface area contributed by atoms with Gasteiger partial charge in [-0.25, -0.2) is 63.1 Å². The average molecular weight is 2090 g/mol. The second kappa shape index (κ2) is 41.8. The number of nitrogens with zero attached hydrogens (tertiary/aromatic N) is 9. The van der Waals surface area contributed by atoms with Gasteiger partial charge in [0.25, 0.3) is 0 Å². The normalized spacial score (nSPS) is 31.2. The molecule has 6 bridgehead atoms. The summed E-state index contributed by atoms with van der Waals surface area (Å²) >= 11 is 0. The summed E-state index contributed by atoms with van der Waals surface area (Å²) in [5.74, 6) is -34.3. The monoisotopic (exact) mass is 2090 g/mol. The molecular weight excluding hydrogens is 1980 g/mol. The summed E-state index contributed by atoms with van der Waals surface area (Å²) in [6.45, 7) is 21.2. The Kier molecular flexibility index (Phi) is 33.1. The Labute approximate surface area is 836 Å². The Morgan fingerprint density at radius 3 is 1.14 bits per heavy atom. The van der Waals surface area contributed by atoms with E-state index in [0.29, 0.717) is 36.5 Å². The molecule has 0 spiro atoms. The molecule has 2 unspecified atom stereocenters. The van der Waals surface area contributed by atoms with E-state index >= 15 is 52.7 Å². The first-order chi connectivity index (χ1) is 64.1. The molecule has 6 aromatic rings. The molecule has 10 aliphatic rings. The van der Waals surface area contributed by atoms with E-state index in [1.807, 2.05) is 18.9 Å². The van der Waals surface area contributed by atoms with E-state index in [4.69, 9.17) is 42.6 Å². The van der Waals surface area contributed by atoms with Gasteiger partial charge < -0.3 is 87.7 Å². The van der Waals surface area contributed by atoms with Gasteiger partial charge in [-0.3, -0.25) is 14.4 Å². The fraction of sp³-hybridized carbons (Fsp3) is 0.653. The van der Waals surface area contributed by atoms with Crippen molar-refractivity contribution in [3.05, 3.63) is 71.7 Å². The predicted molar refractivity (Wildman–Crippen MR) is 466 cm³/mol. The van der Waals surface area contributed by atoms with Crippen LogP contribution in [-0.2, 0) is 116 Å². The maximum absolute atomic E-state index is 16.1. The Bertz CT molecular complexity index is 5610. The molecule has 45 heteroatoms. The molecule has 6 amide bonds. The molecule has 9 heterocycles. The number of ether oxygens (including phenoxy) is 9. The summed E-state index contributed by atoms with van der Waals surface area (Å²) in [4.78, 5) is 145. The van der Waals surface area contributed by atoms with E-state index in [9.17, 15) is 43.2 Å². The molecule has 3 aromatic heterocycles. The minimum absolute atomic E-state index is 0. The minimum atomic E-state index is -4.80. The molecule has 3 radical (unpaired) electrons. The number of aromatic nitrogens is 6. The average Bonchev–Trinajstić information content (AvgIpc) is 1.72. The molecular formula is C95H113F12N12O18V3-3. The SMILES string of the molecule is CC[C@@H]1[C@@H]2CN(C(=O)[C@H](C(C)(C)C)NC(=O)O[C@@H]3CC4CC4[C@H]3CCCC(F)(F)C(F)(F)c3nc4ccc(OC)cc4nc3O2)[C@@H]1[C-]=O.COc1ccc2nc3c(nc2c1)O[C@H]1CN(C(=O)[C@H](C(C)(C)C)NC(=O)O[C@@H]2C[C@H]2CCCC(F)(F)C3(F)F)[C@H]([C-]=O)[C@@H]1C.COc1ccc2nc3c(nc2c1)O[C@H]1CN(C(=O)[C@H](C(C)(C)C)NC(=O)O[C@]2(C)C[C@H]2CCCC(F)(F)C3(F)F)[C@H]([C-]=O)[C@@H]1C.[V].[V].[V]. The van der Waals surface area contributed by atoms with Crippen LogP contribution in [0.3, 0.4) is 0 Å². The van der Waals surface area contributed by atoms with Gasteiger partial charge in [-0.2, -0.15) is 52.7 Å². The Morgan fingerprint density at radius 2 is 0.764 bits per heavy atom. The molecule has 3 N–H and O–H groups in total. The van der Waals surface area contributed by atoms with E-state index in [0.717, 1.165) is 16.2 Å². The van der Waals surface area contributed by atoms with Crippen LogP contribution in [-0.4, -0.2) is 231 Å². The number of alkyl halides is 12. The van der Waals surface area contributed by atoms with Crippen LogP contribution in [0.15, 0.2) is 54.6 Å². The standard InChI is InChI=1S/C34H41F4N4O6.C31H37F4N4O6.C30H35F4N4O6.3V/c1-6-19-24(16-43)42-15-26(19)47-29-27(39-22-10-9-18(46-5)14-23(22)40-29)34(37,38)33(35,36)11-7-8-20-21-12-17(21)13-25(20)48-31(45)41-28(30(42)44)32(2,3)4;1-16-21(15-40)39-14-22(16)44-25-23(36-19-10-9-18(43-6)12-20(19)37-25)31(34,35)30(32,33)11-7-8-17-13-29(17,5)45-27(42)38-24(26(39)41)28(2,3)4;1-15-20(14-39)38-13-22(15)43-25-23(35-18-9-8-17(42-5)12-19(18)36-25)30(33,34)29(31,32)10-6-7-16-11-21(16)44-27(41)37-24(26(38)40)28(2,3)4;;;/h9-10,14,17,19-21,24-26,28H,6-8,11-13,15H2,1-5H3,(H,41,45);9-10,12,16-17,21-22,24H,7-8,11,13-14H2,1-6H3,(H,38,42);8-9,12,15-16,20-22,24H,6-7,10-11,13H2,1-5H3,(H,37,41);;;/q3*-1;;;/t17?,19-,20+,21?,24+,25+,26-,28+;16-,17+,21+,22-,24+,29+;15-,16+,20+,21+,22-,24+;;;/m000.../s1. The molecule has 3 aromatic carbocycles. The number of halogens is 12. The fourth-order valence-corrected chi connectivity index (χ4v) is 19.7. The predicted octanol–water partition coefficient (Wildman–Crippen LogP) is 15.8. The zero-order chi connectivity index (χ0) is 100. The molecule has 763 valence electrons. The second-order valence-electron chi connectivity index (χ2n) is 41.0. The number of rotatable bonds is 7. The van der Waals surface area contributed by atoms with Gasteiger partial charge in [-0.1, -0.05) is 108 Å². The van der Waals surface area contributed by atoms with E-state index in [1.165, 1.54) is 80.8 Å². The zero-order valence-electron chi connectivity index (χ0n) is 79.9. The van der Waals surface area contributed by atoms with Crippen LogP contribution in [0.1, 0.15) is 197 Å². The van der Waals surface area contributed by atoms with Crippen LogP contribution in [0.25, 0.3) is 33.1 Å². The minimum Gasteiger partial charge on any atom is -0.540 e. The number of alkyl carbamates (subject to hydrolysis) is 3. The number of amides is 6. The summed E-state index contributed by atoms with van der Waals surface area (Å²) in [6.07, 6.45) is -3.18. The molecule has 140 heavy (non-hydrogen) atoms. The molecule has 3 saturated heterocycles. The zero-order valence-corrected chi connectivity index (χ0v) is 84.1. The van der Waals surface area contributed by atoms with Gasteiger partial charge in [-0.05, 0) is 165 Å². The van der Waals surface area contributed by atoms with E-state index in [2.05, 4.69) is 45.9 Å². The van der Waals surface area contributed by atoms with Gasteiger partial charge in [0.2, 0.25) is 35.4 Å². The number of carbonyl (C=O) groups is 6. The third kappa shape index (κ3) is 22.4. The summed E-state index contributed by atoms with van der Waals surface area (Å²) in [5.41, 5.74) is -7.58. The van der Waals surface area contributed by atoms with Gasteiger partial charge >= 0.3 is 53.8 Å². The van der Waals surface area contributed by atoms with Crippen LogP contribution >= 0.6 is 0 Å². The van der Waals surface area contributed by atoms with Crippen molar-refractivity contribution in [3.8, 4) is 34.9 Å². The maximum atomic E-state index is 16.1. The first-order valence-corrected chi connectivity index (χ1v) is 45.9. The maximum Gasteiger partial charge on any atom is 0.408 e. The largest absolute Gasteiger partial charge is 0.540 e. The van der Waals surface area contributed by atoms with Gasteiger partial charge in [0, 0.05) is 99.0 Å².